The second-order valence-corrected chi connectivity index (χ2v) is 4.52. The number of carbonyl (C=O) groups excluding carboxylic acids is 1. The zero-order valence-corrected chi connectivity index (χ0v) is 9.29. The van der Waals surface area contributed by atoms with E-state index < -0.39 is 0 Å². The van der Waals surface area contributed by atoms with Gasteiger partial charge in [-0.25, -0.2) is 0 Å². The first kappa shape index (κ1) is 10.5. The molecule has 1 aromatic heterocycles. The summed E-state index contributed by atoms with van der Waals surface area (Å²) in [6.45, 7) is 1.86. The Hall–Kier alpha value is -1.05. The third kappa shape index (κ3) is 2.49. The number of rotatable bonds is 3. The average molecular weight is 206 g/mol. The SMILES string of the molecule is Cc1occc1C(=O)CC1CCCCC1. The molecule has 82 valence electrons. The van der Waals surface area contributed by atoms with Crippen molar-refractivity contribution < 1.29 is 9.21 Å². The molecule has 1 fully saturated rings. The van der Waals surface area contributed by atoms with Crippen molar-refractivity contribution in [3.8, 4) is 0 Å². The van der Waals surface area contributed by atoms with E-state index in [4.69, 9.17) is 4.42 Å². The number of carbonyl (C=O) groups is 1. The molecular formula is C13H18O2. The summed E-state index contributed by atoms with van der Waals surface area (Å²) < 4.78 is 5.15. The second kappa shape index (κ2) is 4.65. The molecule has 1 aliphatic carbocycles. The van der Waals surface area contributed by atoms with Crippen molar-refractivity contribution in [2.45, 2.75) is 45.4 Å². The molecule has 2 nitrogen and oxygen atoms in total. The van der Waals surface area contributed by atoms with Crippen molar-refractivity contribution in [1.29, 1.82) is 0 Å². The maximum absolute atomic E-state index is 11.9. The Morgan fingerprint density at radius 2 is 2.13 bits per heavy atom. The Balaban J connectivity index is 1.94. The predicted octanol–water partition coefficient (Wildman–Crippen LogP) is 3.74. The van der Waals surface area contributed by atoms with E-state index in [2.05, 4.69) is 0 Å². The molecule has 0 aromatic carbocycles. The van der Waals surface area contributed by atoms with Crippen molar-refractivity contribution >= 4 is 5.78 Å². The molecule has 15 heavy (non-hydrogen) atoms. The van der Waals surface area contributed by atoms with Crippen LogP contribution in [0.15, 0.2) is 16.7 Å². The highest BCUT2D eigenvalue weighted by atomic mass is 16.3. The van der Waals surface area contributed by atoms with E-state index in [1.54, 1.807) is 12.3 Å². The normalized spacial score (nSPS) is 17.9. The molecule has 0 amide bonds. The second-order valence-electron chi connectivity index (χ2n) is 4.52. The lowest BCUT2D eigenvalue weighted by Crippen LogP contribution is -2.12. The van der Waals surface area contributed by atoms with Gasteiger partial charge < -0.3 is 4.42 Å². The first-order valence-corrected chi connectivity index (χ1v) is 5.84. The zero-order valence-electron chi connectivity index (χ0n) is 9.29. The number of hydrogen-bond donors (Lipinski definition) is 0. The summed E-state index contributed by atoms with van der Waals surface area (Å²) in [7, 11) is 0. The van der Waals surface area contributed by atoms with Crippen LogP contribution in [0.4, 0.5) is 0 Å². The third-order valence-electron chi connectivity index (χ3n) is 3.36. The molecule has 0 N–H and O–H groups in total. The van der Waals surface area contributed by atoms with E-state index in [0.29, 0.717) is 12.3 Å². The summed E-state index contributed by atoms with van der Waals surface area (Å²) in [6, 6.07) is 1.79. The minimum absolute atomic E-state index is 0.258. The highest BCUT2D eigenvalue weighted by Gasteiger charge is 2.19. The molecular weight excluding hydrogens is 188 g/mol. The van der Waals surface area contributed by atoms with Gasteiger partial charge in [-0.05, 0) is 18.9 Å². The molecule has 0 aliphatic heterocycles. The standard InChI is InChI=1S/C13H18O2/c1-10-12(7-8-15-10)13(14)9-11-5-3-2-4-6-11/h7-8,11H,2-6,9H2,1H3. The van der Waals surface area contributed by atoms with Crippen molar-refractivity contribution in [2.24, 2.45) is 5.92 Å². The first-order chi connectivity index (χ1) is 7.27. The Morgan fingerprint density at radius 3 is 2.73 bits per heavy atom. The number of hydrogen-bond acceptors (Lipinski definition) is 2. The molecule has 2 rings (SSSR count). The van der Waals surface area contributed by atoms with Gasteiger partial charge in [0, 0.05) is 6.42 Å². The maximum Gasteiger partial charge on any atom is 0.166 e. The number of aryl methyl sites for hydroxylation is 1. The van der Waals surface area contributed by atoms with Crippen LogP contribution in [0.2, 0.25) is 0 Å². The fraction of sp³-hybridized carbons (Fsp3) is 0.615. The quantitative estimate of drug-likeness (QED) is 0.705. The van der Waals surface area contributed by atoms with Crippen LogP contribution in [0.5, 0.6) is 0 Å². The van der Waals surface area contributed by atoms with Crippen LogP contribution in [0.25, 0.3) is 0 Å². The monoisotopic (exact) mass is 206 g/mol. The minimum atomic E-state index is 0.258. The first-order valence-electron chi connectivity index (χ1n) is 5.84. The Kier molecular flexibility index (Phi) is 3.24. The van der Waals surface area contributed by atoms with Gasteiger partial charge in [0.25, 0.3) is 0 Å². The summed E-state index contributed by atoms with van der Waals surface area (Å²) in [4.78, 5) is 11.9. The lowest BCUT2D eigenvalue weighted by Gasteiger charge is -2.20. The lowest BCUT2D eigenvalue weighted by molar-refractivity contribution is 0.0949. The van der Waals surface area contributed by atoms with Crippen molar-refractivity contribution in [3.63, 3.8) is 0 Å². The molecule has 0 spiro atoms. The number of ketones is 1. The van der Waals surface area contributed by atoms with Gasteiger partial charge in [0.15, 0.2) is 5.78 Å². The smallest absolute Gasteiger partial charge is 0.166 e. The number of Topliss-reactive ketones (excluding diaryl/α,β-unsaturated/α-hetero) is 1. The van der Waals surface area contributed by atoms with Crippen LogP contribution in [0.3, 0.4) is 0 Å². The van der Waals surface area contributed by atoms with Gasteiger partial charge in [0.05, 0.1) is 11.8 Å². The van der Waals surface area contributed by atoms with Gasteiger partial charge >= 0.3 is 0 Å². The van der Waals surface area contributed by atoms with Crippen LogP contribution in [-0.2, 0) is 0 Å². The molecule has 1 heterocycles. The number of furan rings is 1. The van der Waals surface area contributed by atoms with Crippen molar-refractivity contribution in [1.82, 2.24) is 0 Å². The summed E-state index contributed by atoms with van der Waals surface area (Å²) in [5.74, 6) is 1.63. The van der Waals surface area contributed by atoms with Crippen LogP contribution >= 0.6 is 0 Å². The molecule has 0 radical (unpaired) electrons. The molecule has 0 unspecified atom stereocenters. The Labute approximate surface area is 90.7 Å². The van der Waals surface area contributed by atoms with Gasteiger partial charge in [0.1, 0.15) is 5.76 Å². The molecule has 0 bridgehead atoms. The predicted molar refractivity (Wildman–Crippen MR) is 59.0 cm³/mol. The highest BCUT2D eigenvalue weighted by Crippen LogP contribution is 2.28. The van der Waals surface area contributed by atoms with E-state index in [1.807, 2.05) is 6.92 Å². The average Bonchev–Trinajstić information content (AvgIpc) is 2.66. The summed E-state index contributed by atoms with van der Waals surface area (Å²) in [5.41, 5.74) is 0.778. The van der Waals surface area contributed by atoms with E-state index >= 15 is 0 Å². The molecule has 1 saturated carbocycles. The molecule has 0 saturated heterocycles. The van der Waals surface area contributed by atoms with E-state index in [9.17, 15) is 4.79 Å². The maximum atomic E-state index is 11.9. The van der Waals surface area contributed by atoms with Gasteiger partial charge in [0.2, 0.25) is 0 Å². The van der Waals surface area contributed by atoms with Gasteiger partial charge in [-0.1, -0.05) is 32.1 Å². The van der Waals surface area contributed by atoms with Crippen molar-refractivity contribution in [3.05, 3.63) is 23.7 Å². The minimum Gasteiger partial charge on any atom is -0.469 e. The van der Waals surface area contributed by atoms with E-state index in [0.717, 1.165) is 11.3 Å². The van der Waals surface area contributed by atoms with Crippen LogP contribution in [-0.4, -0.2) is 5.78 Å². The lowest BCUT2D eigenvalue weighted by atomic mass is 9.85. The molecule has 1 aromatic rings. The molecule has 1 aliphatic rings. The van der Waals surface area contributed by atoms with Crippen LogP contribution in [0, 0.1) is 12.8 Å². The summed E-state index contributed by atoms with van der Waals surface area (Å²) >= 11 is 0. The highest BCUT2D eigenvalue weighted by molar-refractivity contribution is 5.97. The fourth-order valence-corrected chi connectivity index (χ4v) is 2.44. The Bertz CT molecular complexity index is 332. The van der Waals surface area contributed by atoms with Crippen molar-refractivity contribution in [2.75, 3.05) is 0 Å². The summed E-state index contributed by atoms with van der Waals surface area (Å²) in [6.07, 6.45) is 8.69. The van der Waals surface area contributed by atoms with E-state index in [1.165, 1.54) is 32.1 Å². The molecule has 2 heteroatoms. The van der Waals surface area contributed by atoms with E-state index in [-0.39, 0.29) is 5.78 Å². The van der Waals surface area contributed by atoms with Gasteiger partial charge in [-0.2, -0.15) is 0 Å². The zero-order chi connectivity index (χ0) is 10.7. The Morgan fingerprint density at radius 1 is 1.40 bits per heavy atom. The van der Waals surface area contributed by atoms with Crippen LogP contribution in [0.1, 0.15) is 54.6 Å². The molecule has 0 atom stereocenters. The third-order valence-corrected chi connectivity index (χ3v) is 3.36. The largest absolute Gasteiger partial charge is 0.469 e. The summed E-state index contributed by atoms with van der Waals surface area (Å²) in [5, 5.41) is 0. The van der Waals surface area contributed by atoms with Gasteiger partial charge in [-0.3, -0.25) is 4.79 Å². The van der Waals surface area contributed by atoms with Gasteiger partial charge in [-0.15, -0.1) is 0 Å². The fourth-order valence-electron chi connectivity index (χ4n) is 2.44. The topological polar surface area (TPSA) is 30.2 Å². The van der Waals surface area contributed by atoms with Crippen LogP contribution < -0.4 is 0 Å².